The molecule has 0 bridgehead atoms. The van der Waals surface area contributed by atoms with Gasteiger partial charge in [-0.3, -0.25) is 4.90 Å². The second-order valence-electron chi connectivity index (χ2n) is 5.58. The maximum Gasteiger partial charge on any atom is 0.115 e. The van der Waals surface area contributed by atoms with Crippen LogP contribution in [-0.2, 0) is 0 Å². The van der Waals surface area contributed by atoms with Crippen molar-refractivity contribution in [1.29, 1.82) is 0 Å². The first kappa shape index (κ1) is 13.4. The van der Waals surface area contributed by atoms with Crippen molar-refractivity contribution in [2.45, 2.75) is 57.5 Å². The summed E-state index contributed by atoms with van der Waals surface area (Å²) in [7, 11) is 2.24. The van der Waals surface area contributed by atoms with Crippen LogP contribution in [0.15, 0.2) is 24.3 Å². The minimum atomic E-state index is 0.350. The molecule has 18 heavy (non-hydrogen) atoms. The standard InChI is InChI=1S/C16H25NO/c1-13(14-9-11-16(18)12-10-14)17(2)15-7-5-3-4-6-8-15/h9-13,15,18H,3-8H2,1-2H3. The molecule has 0 amide bonds. The van der Waals surface area contributed by atoms with Crippen LogP contribution in [0.5, 0.6) is 5.75 Å². The number of hydrogen-bond donors (Lipinski definition) is 1. The van der Waals surface area contributed by atoms with Gasteiger partial charge in [-0.1, -0.05) is 37.8 Å². The summed E-state index contributed by atoms with van der Waals surface area (Å²) in [6.07, 6.45) is 8.21. The first-order valence-electron chi connectivity index (χ1n) is 7.19. The van der Waals surface area contributed by atoms with Gasteiger partial charge in [0.15, 0.2) is 0 Å². The third-order valence-corrected chi connectivity index (χ3v) is 4.39. The van der Waals surface area contributed by atoms with Gasteiger partial charge in [0.2, 0.25) is 0 Å². The number of hydrogen-bond acceptors (Lipinski definition) is 2. The quantitative estimate of drug-likeness (QED) is 0.813. The topological polar surface area (TPSA) is 23.5 Å². The van der Waals surface area contributed by atoms with Crippen molar-refractivity contribution in [3.05, 3.63) is 29.8 Å². The second-order valence-corrected chi connectivity index (χ2v) is 5.58. The predicted molar refractivity (Wildman–Crippen MR) is 75.8 cm³/mol. The van der Waals surface area contributed by atoms with Crippen molar-refractivity contribution in [3.8, 4) is 5.75 Å². The van der Waals surface area contributed by atoms with Crippen LogP contribution in [0.2, 0.25) is 0 Å². The third-order valence-electron chi connectivity index (χ3n) is 4.39. The van der Waals surface area contributed by atoms with Crippen molar-refractivity contribution in [2.75, 3.05) is 7.05 Å². The molecule has 0 heterocycles. The third kappa shape index (κ3) is 3.26. The number of benzene rings is 1. The van der Waals surface area contributed by atoms with Gasteiger partial charge in [-0.2, -0.15) is 0 Å². The van der Waals surface area contributed by atoms with E-state index in [1.165, 1.54) is 44.1 Å². The van der Waals surface area contributed by atoms with Gasteiger partial charge in [-0.05, 0) is 44.5 Å². The summed E-state index contributed by atoms with van der Waals surface area (Å²) >= 11 is 0. The molecule has 1 atom stereocenters. The van der Waals surface area contributed by atoms with Crippen LogP contribution in [0.3, 0.4) is 0 Å². The highest BCUT2D eigenvalue weighted by Gasteiger charge is 2.21. The lowest BCUT2D eigenvalue weighted by molar-refractivity contribution is 0.168. The molecule has 2 nitrogen and oxygen atoms in total. The number of nitrogens with zero attached hydrogens (tertiary/aromatic N) is 1. The first-order chi connectivity index (χ1) is 8.68. The Morgan fingerprint density at radius 2 is 1.61 bits per heavy atom. The largest absolute Gasteiger partial charge is 0.508 e. The van der Waals surface area contributed by atoms with Gasteiger partial charge in [0.1, 0.15) is 5.75 Å². The Hall–Kier alpha value is -1.02. The van der Waals surface area contributed by atoms with E-state index in [1.807, 2.05) is 12.1 Å². The zero-order chi connectivity index (χ0) is 13.0. The fraction of sp³-hybridized carbons (Fsp3) is 0.625. The highest BCUT2D eigenvalue weighted by atomic mass is 16.3. The van der Waals surface area contributed by atoms with Gasteiger partial charge in [-0.25, -0.2) is 0 Å². The molecule has 1 saturated carbocycles. The first-order valence-corrected chi connectivity index (χ1v) is 7.19. The molecular weight excluding hydrogens is 222 g/mol. The molecule has 0 aromatic heterocycles. The van der Waals surface area contributed by atoms with Crippen molar-refractivity contribution < 1.29 is 5.11 Å². The molecule has 1 aliphatic carbocycles. The molecule has 1 aromatic rings. The summed E-state index contributed by atoms with van der Waals surface area (Å²) in [6.45, 7) is 2.26. The number of phenolic OH excluding ortho intramolecular Hbond substituents is 1. The van der Waals surface area contributed by atoms with E-state index in [-0.39, 0.29) is 0 Å². The van der Waals surface area contributed by atoms with Crippen molar-refractivity contribution in [3.63, 3.8) is 0 Å². The Bertz CT molecular complexity index is 352. The van der Waals surface area contributed by atoms with Gasteiger partial charge in [0.05, 0.1) is 0 Å². The monoisotopic (exact) mass is 247 g/mol. The van der Waals surface area contributed by atoms with Gasteiger partial charge in [0, 0.05) is 12.1 Å². The summed E-state index contributed by atoms with van der Waals surface area (Å²) < 4.78 is 0. The van der Waals surface area contributed by atoms with Crippen LogP contribution < -0.4 is 0 Å². The summed E-state index contributed by atoms with van der Waals surface area (Å²) in [6, 6.07) is 8.78. The van der Waals surface area contributed by atoms with E-state index in [1.54, 1.807) is 12.1 Å². The SMILES string of the molecule is CC(c1ccc(O)cc1)N(C)C1CCCCCC1. The number of aromatic hydroxyl groups is 1. The van der Waals surface area contributed by atoms with Crippen molar-refractivity contribution in [2.24, 2.45) is 0 Å². The number of rotatable bonds is 3. The molecule has 0 spiro atoms. The Labute approximate surface area is 111 Å². The average Bonchev–Trinajstić information content (AvgIpc) is 2.67. The van der Waals surface area contributed by atoms with Crippen molar-refractivity contribution in [1.82, 2.24) is 4.90 Å². The van der Waals surface area contributed by atoms with Gasteiger partial charge >= 0.3 is 0 Å². The van der Waals surface area contributed by atoms with Crippen LogP contribution in [0.4, 0.5) is 0 Å². The molecule has 1 unspecified atom stereocenters. The van der Waals surface area contributed by atoms with E-state index in [9.17, 15) is 5.11 Å². The fourth-order valence-corrected chi connectivity index (χ4v) is 2.97. The van der Waals surface area contributed by atoms with Crippen LogP contribution in [-0.4, -0.2) is 23.1 Å². The molecule has 2 heteroatoms. The van der Waals surface area contributed by atoms with E-state index in [2.05, 4.69) is 18.9 Å². The van der Waals surface area contributed by atoms with E-state index in [0.717, 1.165) is 6.04 Å². The maximum absolute atomic E-state index is 9.35. The van der Waals surface area contributed by atoms with E-state index in [0.29, 0.717) is 11.8 Å². The van der Waals surface area contributed by atoms with Crippen LogP contribution >= 0.6 is 0 Å². The molecule has 0 saturated heterocycles. The molecule has 1 aliphatic rings. The van der Waals surface area contributed by atoms with Gasteiger partial charge < -0.3 is 5.11 Å². The van der Waals surface area contributed by atoms with Crippen molar-refractivity contribution >= 4 is 0 Å². The Morgan fingerprint density at radius 3 is 2.17 bits per heavy atom. The minimum Gasteiger partial charge on any atom is -0.508 e. The molecule has 100 valence electrons. The highest BCUT2D eigenvalue weighted by molar-refractivity contribution is 5.27. The average molecular weight is 247 g/mol. The van der Waals surface area contributed by atoms with Crippen LogP contribution in [0, 0.1) is 0 Å². The maximum atomic E-state index is 9.35. The normalized spacial score (nSPS) is 19.7. The zero-order valence-corrected chi connectivity index (χ0v) is 11.6. The summed E-state index contributed by atoms with van der Waals surface area (Å²) in [5, 5.41) is 9.35. The lowest BCUT2D eigenvalue weighted by atomic mass is 10.0. The fourth-order valence-electron chi connectivity index (χ4n) is 2.97. The van der Waals surface area contributed by atoms with Gasteiger partial charge in [0.25, 0.3) is 0 Å². The van der Waals surface area contributed by atoms with E-state index in [4.69, 9.17) is 0 Å². The second kappa shape index (κ2) is 6.24. The Morgan fingerprint density at radius 1 is 1.06 bits per heavy atom. The van der Waals surface area contributed by atoms with E-state index >= 15 is 0 Å². The summed E-state index contributed by atoms with van der Waals surface area (Å²) in [5.41, 5.74) is 1.29. The summed E-state index contributed by atoms with van der Waals surface area (Å²) in [5.74, 6) is 0.350. The lowest BCUT2D eigenvalue weighted by Crippen LogP contribution is -2.33. The Kier molecular flexibility index (Phi) is 4.65. The Balaban J connectivity index is 2.02. The minimum absolute atomic E-state index is 0.350. The summed E-state index contributed by atoms with van der Waals surface area (Å²) in [4.78, 5) is 2.51. The van der Waals surface area contributed by atoms with Crippen LogP contribution in [0.25, 0.3) is 0 Å². The molecule has 1 fully saturated rings. The molecule has 2 rings (SSSR count). The highest BCUT2D eigenvalue weighted by Crippen LogP contribution is 2.28. The molecule has 0 radical (unpaired) electrons. The molecule has 1 aromatic carbocycles. The smallest absolute Gasteiger partial charge is 0.115 e. The predicted octanol–water partition coefficient (Wildman–Crippen LogP) is 4.11. The van der Waals surface area contributed by atoms with E-state index < -0.39 is 0 Å². The molecular formula is C16H25NO. The number of phenols is 1. The molecule has 1 N–H and O–H groups in total. The lowest BCUT2D eigenvalue weighted by Gasteiger charge is -2.33. The zero-order valence-electron chi connectivity index (χ0n) is 11.6. The van der Waals surface area contributed by atoms with Gasteiger partial charge in [-0.15, -0.1) is 0 Å². The van der Waals surface area contributed by atoms with Crippen LogP contribution in [0.1, 0.15) is 57.1 Å². The molecule has 0 aliphatic heterocycles.